The van der Waals surface area contributed by atoms with Gasteiger partial charge in [0.25, 0.3) is 0 Å². The highest BCUT2D eigenvalue weighted by Crippen LogP contribution is 2.05. The fourth-order valence-corrected chi connectivity index (χ4v) is 1.07. The van der Waals surface area contributed by atoms with E-state index in [0.717, 1.165) is 19.6 Å². The largest absolute Gasteiger partial charge is 0.385 e. The van der Waals surface area contributed by atoms with Gasteiger partial charge in [0.1, 0.15) is 6.23 Å². The molecule has 0 spiro atoms. The van der Waals surface area contributed by atoms with Crippen molar-refractivity contribution in [1.29, 1.82) is 0 Å². The van der Waals surface area contributed by atoms with Crippen LogP contribution in [-0.4, -0.2) is 32.6 Å². The SMILES string of the molecule is COCCC1NC(C)CO1.Cl. The highest BCUT2D eigenvalue weighted by atomic mass is 35.5. The summed E-state index contributed by atoms with van der Waals surface area (Å²) >= 11 is 0. The molecule has 0 aliphatic carbocycles. The van der Waals surface area contributed by atoms with Gasteiger partial charge in [-0.25, -0.2) is 0 Å². The van der Waals surface area contributed by atoms with Crippen LogP contribution in [0.25, 0.3) is 0 Å². The topological polar surface area (TPSA) is 30.5 Å². The Bertz CT molecular complexity index is 102. The Balaban J connectivity index is 0.000001000. The lowest BCUT2D eigenvalue weighted by atomic mass is 10.3. The van der Waals surface area contributed by atoms with E-state index >= 15 is 0 Å². The number of ether oxygens (including phenoxy) is 2. The van der Waals surface area contributed by atoms with E-state index in [1.807, 2.05) is 0 Å². The van der Waals surface area contributed by atoms with Crippen molar-refractivity contribution in [3.05, 3.63) is 0 Å². The monoisotopic (exact) mass is 181 g/mol. The third-order valence-electron chi connectivity index (χ3n) is 1.60. The lowest BCUT2D eigenvalue weighted by Crippen LogP contribution is -2.28. The summed E-state index contributed by atoms with van der Waals surface area (Å²) in [5.41, 5.74) is 0. The van der Waals surface area contributed by atoms with Gasteiger partial charge in [-0.1, -0.05) is 0 Å². The average Bonchev–Trinajstić information content (AvgIpc) is 2.31. The zero-order valence-corrected chi connectivity index (χ0v) is 7.82. The van der Waals surface area contributed by atoms with E-state index < -0.39 is 0 Å². The van der Waals surface area contributed by atoms with Gasteiger partial charge in [0.15, 0.2) is 0 Å². The summed E-state index contributed by atoms with van der Waals surface area (Å²) in [6, 6.07) is 0.502. The fourth-order valence-electron chi connectivity index (χ4n) is 1.07. The Morgan fingerprint density at radius 2 is 2.36 bits per heavy atom. The Hall–Kier alpha value is 0.170. The minimum atomic E-state index is 0. The lowest BCUT2D eigenvalue weighted by molar-refractivity contribution is 0.0660. The molecule has 1 heterocycles. The van der Waals surface area contributed by atoms with Gasteiger partial charge in [0, 0.05) is 26.2 Å². The van der Waals surface area contributed by atoms with Gasteiger partial charge in [-0.15, -0.1) is 12.4 Å². The molecule has 1 aliphatic rings. The summed E-state index contributed by atoms with van der Waals surface area (Å²) in [6.07, 6.45) is 1.16. The van der Waals surface area contributed by atoms with Crippen molar-refractivity contribution in [2.45, 2.75) is 25.6 Å². The van der Waals surface area contributed by atoms with Crippen LogP contribution in [0.2, 0.25) is 0 Å². The highest BCUT2D eigenvalue weighted by molar-refractivity contribution is 5.85. The summed E-state index contributed by atoms with van der Waals surface area (Å²) in [6.45, 7) is 3.71. The number of rotatable bonds is 3. The normalized spacial score (nSPS) is 30.0. The quantitative estimate of drug-likeness (QED) is 0.698. The number of halogens is 1. The van der Waals surface area contributed by atoms with Gasteiger partial charge in [0.05, 0.1) is 6.61 Å². The average molecular weight is 182 g/mol. The van der Waals surface area contributed by atoms with Crippen LogP contribution in [0, 0.1) is 0 Å². The van der Waals surface area contributed by atoms with E-state index in [0.29, 0.717) is 6.04 Å². The molecule has 1 rings (SSSR count). The molecule has 0 saturated carbocycles. The number of nitrogens with one attached hydrogen (secondary N) is 1. The van der Waals surface area contributed by atoms with E-state index in [9.17, 15) is 0 Å². The van der Waals surface area contributed by atoms with Crippen LogP contribution in [0.4, 0.5) is 0 Å². The molecule has 0 aromatic heterocycles. The molecule has 0 amide bonds. The maximum atomic E-state index is 5.38. The predicted octanol–water partition coefficient (Wildman–Crippen LogP) is 0.779. The summed E-state index contributed by atoms with van der Waals surface area (Å²) in [4.78, 5) is 0. The van der Waals surface area contributed by atoms with E-state index in [1.54, 1.807) is 7.11 Å². The van der Waals surface area contributed by atoms with Crippen molar-refractivity contribution in [2.24, 2.45) is 0 Å². The maximum absolute atomic E-state index is 5.38. The fraction of sp³-hybridized carbons (Fsp3) is 1.00. The first-order chi connectivity index (χ1) is 4.83. The maximum Gasteiger partial charge on any atom is 0.110 e. The molecular formula is C7H16ClNO2. The van der Waals surface area contributed by atoms with Crippen LogP contribution in [0.15, 0.2) is 0 Å². The molecule has 1 N–H and O–H groups in total. The molecule has 0 bridgehead atoms. The molecular weight excluding hydrogens is 166 g/mol. The Morgan fingerprint density at radius 1 is 1.64 bits per heavy atom. The number of hydrogen-bond acceptors (Lipinski definition) is 3. The van der Waals surface area contributed by atoms with Gasteiger partial charge < -0.3 is 9.47 Å². The highest BCUT2D eigenvalue weighted by Gasteiger charge is 2.19. The molecule has 11 heavy (non-hydrogen) atoms. The predicted molar refractivity (Wildman–Crippen MR) is 46.1 cm³/mol. The first-order valence-electron chi connectivity index (χ1n) is 3.69. The van der Waals surface area contributed by atoms with E-state index in [-0.39, 0.29) is 18.6 Å². The zero-order valence-electron chi connectivity index (χ0n) is 7.00. The van der Waals surface area contributed by atoms with Gasteiger partial charge in [-0.3, -0.25) is 5.32 Å². The van der Waals surface area contributed by atoms with Crippen molar-refractivity contribution in [2.75, 3.05) is 20.3 Å². The van der Waals surface area contributed by atoms with Crippen molar-refractivity contribution in [3.63, 3.8) is 0 Å². The third-order valence-corrected chi connectivity index (χ3v) is 1.60. The van der Waals surface area contributed by atoms with Gasteiger partial charge in [0.2, 0.25) is 0 Å². The van der Waals surface area contributed by atoms with Crippen LogP contribution in [0.1, 0.15) is 13.3 Å². The summed E-state index contributed by atoms with van der Waals surface area (Å²) in [5.74, 6) is 0. The molecule has 1 aliphatic heterocycles. The van der Waals surface area contributed by atoms with E-state index in [1.165, 1.54) is 0 Å². The smallest absolute Gasteiger partial charge is 0.110 e. The Morgan fingerprint density at radius 3 is 2.82 bits per heavy atom. The minimum absolute atomic E-state index is 0. The van der Waals surface area contributed by atoms with Crippen LogP contribution < -0.4 is 5.32 Å². The molecule has 68 valence electrons. The molecule has 0 aromatic rings. The lowest BCUT2D eigenvalue weighted by Gasteiger charge is -2.08. The zero-order chi connectivity index (χ0) is 7.40. The molecule has 0 aromatic carbocycles. The standard InChI is InChI=1S/C7H15NO2.ClH/c1-6-5-10-7(8-6)3-4-9-2;/h6-8H,3-5H2,1-2H3;1H. The second kappa shape index (κ2) is 5.77. The molecule has 2 atom stereocenters. The molecule has 4 heteroatoms. The molecule has 3 nitrogen and oxygen atoms in total. The van der Waals surface area contributed by atoms with Crippen molar-refractivity contribution >= 4 is 12.4 Å². The minimum Gasteiger partial charge on any atom is -0.385 e. The van der Waals surface area contributed by atoms with Crippen LogP contribution in [0.3, 0.4) is 0 Å². The van der Waals surface area contributed by atoms with Crippen LogP contribution in [-0.2, 0) is 9.47 Å². The Kier molecular flexibility index (Phi) is 5.86. The second-order valence-corrected chi connectivity index (χ2v) is 2.67. The first kappa shape index (κ1) is 11.2. The number of methoxy groups -OCH3 is 1. The summed E-state index contributed by atoms with van der Waals surface area (Å²) < 4.78 is 10.3. The molecule has 1 saturated heterocycles. The van der Waals surface area contributed by atoms with Crippen molar-refractivity contribution < 1.29 is 9.47 Å². The van der Waals surface area contributed by atoms with Gasteiger partial charge >= 0.3 is 0 Å². The van der Waals surface area contributed by atoms with Crippen molar-refractivity contribution in [1.82, 2.24) is 5.32 Å². The third kappa shape index (κ3) is 3.91. The molecule has 2 unspecified atom stereocenters. The first-order valence-corrected chi connectivity index (χ1v) is 3.69. The Labute approximate surface area is 73.9 Å². The van der Waals surface area contributed by atoms with E-state index in [4.69, 9.17) is 9.47 Å². The summed E-state index contributed by atoms with van der Waals surface area (Å²) in [5, 5.41) is 3.29. The molecule has 0 radical (unpaired) electrons. The van der Waals surface area contributed by atoms with Crippen molar-refractivity contribution in [3.8, 4) is 0 Å². The van der Waals surface area contributed by atoms with Gasteiger partial charge in [-0.05, 0) is 6.92 Å². The van der Waals surface area contributed by atoms with Gasteiger partial charge in [-0.2, -0.15) is 0 Å². The van der Waals surface area contributed by atoms with Crippen LogP contribution >= 0.6 is 12.4 Å². The number of hydrogen-bond donors (Lipinski definition) is 1. The second-order valence-electron chi connectivity index (χ2n) is 2.67. The van der Waals surface area contributed by atoms with E-state index in [2.05, 4.69) is 12.2 Å². The summed E-state index contributed by atoms with van der Waals surface area (Å²) in [7, 11) is 1.71. The van der Waals surface area contributed by atoms with Crippen LogP contribution in [0.5, 0.6) is 0 Å². The molecule has 1 fully saturated rings.